The van der Waals surface area contributed by atoms with Gasteiger partial charge in [0, 0.05) is 16.2 Å². The van der Waals surface area contributed by atoms with Gasteiger partial charge in [-0.1, -0.05) is 85.9 Å². The molecule has 140 valence electrons. The van der Waals surface area contributed by atoms with E-state index in [-0.39, 0.29) is 0 Å². The first-order valence-corrected chi connectivity index (χ1v) is 13.7. The van der Waals surface area contributed by atoms with Crippen LogP contribution in [-0.2, 0) is 4.57 Å². The topological polar surface area (TPSA) is 37.3 Å². The van der Waals surface area contributed by atoms with Crippen molar-refractivity contribution in [2.75, 3.05) is 5.75 Å². The summed E-state index contributed by atoms with van der Waals surface area (Å²) in [5.41, 5.74) is 2.22. The van der Waals surface area contributed by atoms with Crippen LogP contribution in [0.2, 0.25) is 0 Å². The summed E-state index contributed by atoms with van der Waals surface area (Å²) in [4.78, 5) is 11.2. The Hall–Kier alpha value is -1.45. The summed E-state index contributed by atoms with van der Waals surface area (Å²) >= 11 is 2.26. The zero-order valence-electron chi connectivity index (χ0n) is 15.7. The van der Waals surface area contributed by atoms with Gasteiger partial charge in [0.1, 0.15) is 0 Å². The van der Waals surface area contributed by atoms with Crippen LogP contribution in [0.5, 0.6) is 0 Å². The van der Waals surface area contributed by atoms with E-state index in [0.717, 1.165) is 60.0 Å². The molecule has 1 aliphatic heterocycles. The molecule has 0 radical (unpaired) electrons. The molecule has 3 aromatic carbocycles. The second-order valence-electron chi connectivity index (χ2n) is 5.85. The molecule has 1 heterocycles. The van der Waals surface area contributed by atoms with Crippen molar-refractivity contribution in [3.8, 4) is 0 Å². The molecule has 27 heavy (non-hydrogen) atoms. The van der Waals surface area contributed by atoms with E-state index in [1.807, 2.05) is 57.2 Å². The highest BCUT2D eigenvalue weighted by Gasteiger charge is 2.29. The Morgan fingerprint density at radius 3 is 2.48 bits per heavy atom. The summed E-state index contributed by atoms with van der Waals surface area (Å²) < 4.78 is 12.5. The monoisotopic (exact) mass is 414 g/mol. The maximum atomic E-state index is 12.5. The number of benzene rings is 3. The predicted octanol–water partition coefficient (Wildman–Crippen LogP) is 5.80. The van der Waals surface area contributed by atoms with E-state index in [0.29, 0.717) is 5.75 Å². The second kappa shape index (κ2) is 8.70. The third-order valence-corrected chi connectivity index (χ3v) is 10.2. The Morgan fingerprint density at radius 1 is 1.00 bits per heavy atom. The third-order valence-electron chi connectivity index (χ3n) is 4.38. The molecule has 2 nitrogen and oxygen atoms in total. The Kier molecular flexibility index (Phi) is 6.54. The zero-order valence-corrected chi connectivity index (χ0v) is 18.2. The molecule has 1 aliphatic rings. The number of hydrogen-bond acceptors (Lipinski definition) is 3. The van der Waals surface area contributed by atoms with Crippen molar-refractivity contribution in [2.24, 2.45) is 0 Å². The Morgan fingerprint density at radius 2 is 1.70 bits per heavy atom. The molecule has 1 N–H and O–H groups in total. The molecule has 0 aromatic heterocycles. The molecular formula is C22H23O2PS2. The Balaban J connectivity index is 0.00000102. The molecule has 0 aliphatic carbocycles. The van der Waals surface area contributed by atoms with Crippen LogP contribution in [0.4, 0.5) is 0 Å². The van der Waals surface area contributed by atoms with Crippen molar-refractivity contribution in [2.45, 2.75) is 25.7 Å². The van der Waals surface area contributed by atoms with Gasteiger partial charge in [0.25, 0.3) is 0 Å². The van der Waals surface area contributed by atoms with Crippen LogP contribution in [-0.4, -0.2) is 10.6 Å². The molecule has 1 unspecified atom stereocenters. The van der Waals surface area contributed by atoms with Gasteiger partial charge < -0.3 is 4.89 Å². The maximum absolute atomic E-state index is 12.5. The summed E-state index contributed by atoms with van der Waals surface area (Å²) in [7, 11) is 0. The average molecular weight is 415 g/mol. The van der Waals surface area contributed by atoms with Gasteiger partial charge >= 0.3 is 5.77 Å². The van der Waals surface area contributed by atoms with E-state index >= 15 is 0 Å². The lowest BCUT2D eigenvalue weighted by atomic mass is 9.96. The van der Waals surface area contributed by atoms with Gasteiger partial charge in [-0.25, -0.2) is 0 Å². The van der Waals surface area contributed by atoms with Gasteiger partial charge in [-0.2, -0.15) is 0 Å². The van der Waals surface area contributed by atoms with Crippen molar-refractivity contribution >= 4 is 51.0 Å². The third kappa shape index (κ3) is 4.20. The molecule has 0 saturated carbocycles. The summed E-state index contributed by atoms with van der Waals surface area (Å²) in [6.07, 6.45) is 2.09. The standard InChI is InChI=1S/C20H17O2PS2.C2H6/c1-2-14-7-3-5-9-16(14)18-13-24-23(21,22)25-19-12-11-15-8-4-6-10-17(15)20(18)19;1-2/h2-12H,13H2,1H3,(H,21,22);1-2H3/b14-2-,18-16+;. The van der Waals surface area contributed by atoms with E-state index in [1.54, 1.807) is 0 Å². The SMILES string of the molecule is C/C=c1/cccc/c1=C1/CSP(=O)(O)Sc2ccc3ccccc3c21.CC. The molecule has 0 bridgehead atoms. The van der Waals surface area contributed by atoms with Crippen LogP contribution in [0, 0.1) is 0 Å². The van der Waals surface area contributed by atoms with Crippen molar-refractivity contribution in [3.63, 3.8) is 0 Å². The van der Waals surface area contributed by atoms with E-state index in [2.05, 4.69) is 30.3 Å². The molecule has 0 fully saturated rings. The summed E-state index contributed by atoms with van der Waals surface area (Å²) in [6.45, 7) is 6.03. The fraction of sp³-hybridized carbons (Fsp3) is 0.182. The van der Waals surface area contributed by atoms with Gasteiger partial charge in [-0.3, -0.25) is 4.57 Å². The van der Waals surface area contributed by atoms with Crippen LogP contribution in [0.25, 0.3) is 22.4 Å². The predicted molar refractivity (Wildman–Crippen MR) is 122 cm³/mol. The quantitative estimate of drug-likeness (QED) is 0.472. The number of fused-ring (bicyclic) bond motifs is 3. The summed E-state index contributed by atoms with van der Waals surface area (Å²) in [5.74, 6) is -2.80. The van der Waals surface area contributed by atoms with Gasteiger partial charge in [-0.15, -0.1) is 0 Å². The lowest BCUT2D eigenvalue weighted by molar-refractivity contribution is 0.514. The molecule has 3 aromatic rings. The fourth-order valence-electron chi connectivity index (χ4n) is 3.24. The highest BCUT2D eigenvalue weighted by molar-refractivity contribution is 8.89. The van der Waals surface area contributed by atoms with Gasteiger partial charge in [0.2, 0.25) is 0 Å². The lowest BCUT2D eigenvalue weighted by Crippen LogP contribution is -2.27. The van der Waals surface area contributed by atoms with E-state index in [1.165, 1.54) is 0 Å². The van der Waals surface area contributed by atoms with Gasteiger partial charge in [0.05, 0.1) is 0 Å². The van der Waals surface area contributed by atoms with Crippen LogP contribution < -0.4 is 10.4 Å². The Labute approximate surface area is 168 Å². The van der Waals surface area contributed by atoms with Crippen LogP contribution in [0.3, 0.4) is 0 Å². The van der Waals surface area contributed by atoms with E-state index < -0.39 is 5.77 Å². The molecule has 0 spiro atoms. The van der Waals surface area contributed by atoms with E-state index in [4.69, 9.17) is 0 Å². The highest BCUT2D eigenvalue weighted by atomic mass is 33.1. The van der Waals surface area contributed by atoms with Gasteiger partial charge in [-0.05, 0) is 51.2 Å². The average Bonchev–Trinajstić information content (AvgIpc) is 2.84. The number of rotatable bonds is 0. The zero-order chi connectivity index (χ0) is 19.4. The van der Waals surface area contributed by atoms with Crippen LogP contribution >= 0.6 is 28.5 Å². The largest absolute Gasteiger partial charge is 0.329 e. The molecule has 5 heteroatoms. The van der Waals surface area contributed by atoms with Crippen molar-refractivity contribution in [1.82, 2.24) is 0 Å². The lowest BCUT2D eigenvalue weighted by Gasteiger charge is -2.12. The smallest absolute Gasteiger partial charge is 0.315 e. The molecule has 1 atom stereocenters. The normalized spacial score (nSPS) is 21.9. The summed E-state index contributed by atoms with van der Waals surface area (Å²) in [5, 5.41) is 4.57. The highest BCUT2D eigenvalue weighted by Crippen LogP contribution is 2.71. The fourth-order valence-corrected chi connectivity index (χ4v) is 8.50. The van der Waals surface area contributed by atoms with E-state index in [9.17, 15) is 9.46 Å². The minimum Gasteiger partial charge on any atom is -0.329 e. The van der Waals surface area contributed by atoms with Crippen LogP contribution in [0.15, 0.2) is 65.6 Å². The maximum Gasteiger partial charge on any atom is 0.315 e. The first-order valence-electron chi connectivity index (χ1n) is 9.03. The van der Waals surface area contributed by atoms with Crippen molar-refractivity contribution in [3.05, 3.63) is 76.7 Å². The summed E-state index contributed by atoms with van der Waals surface area (Å²) in [6, 6.07) is 20.5. The van der Waals surface area contributed by atoms with Gasteiger partial charge in [0.15, 0.2) is 0 Å². The van der Waals surface area contributed by atoms with Crippen molar-refractivity contribution in [1.29, 1.82) is 0 Å². The minimum atomic E-state index is -3.32. The second-order valence-corrected chi connectivity index (χ2v) is 12.9. The molecular weight excluding hydrogens is 391 g/mol. The molecule has 4 rings (SSSR count). The van der Waals surface area contributed by atoms with Crippen molar-refractivity contribution < 1.29 is 9.46 Å². The van der Waals surface area contributed by atoms with Crippen LogP contribution in [0.1, 0.15) is 26.3 Å². The number of hydrogen-bond donors (Lipinski definition) is 1. The minimum absolute atomic E-state index is 0.520. The first kappa shape index (κ1) is 20.3. The molecule has 0 amide bonds. The first-order chi connectivity index (χ1) is 13.1. The Bertz CT molecular complexity index is 1140. The molecule has 0 saturated heterocycles.